The third kappa shape index (κ3) is 2.06. The number of nitrogens with two attached hydrogens (primary N) is 2. The van der Waals surface area contributed by atoms with Crippen molar-refractivity contribution in [1.29, 1.82) is 0 Å². The summed E-state index contributed by atoms with van der Waals surface area (Å²) in [6.07, 6.45) is 0. The molecule has 4 nitrogen and oxygen atoms in total. The van der Waals surface area contributed by atoms with Crippen LogP contribution in [-0.2, 0) is 0 Å². The van der Waals surface area contributed by atoms with Crippen LogP contribution in [0.4, 0.5) is 0 Å². The van der Waals surface area contributed by atoms with Gasteiger partial charge in [0, 0.05) is 5.39 Å². The van der Waals surface area contributed by atoms with Crippen LogP contribution in [0.1, 0.15) is 0 Å². The summed E-state index contributed by atoms with van der Waals surface area (Å²) in [4.78, 5) is 0. The van der Waals surface area contributed by atoms with E-state index >= 15 is 0 Å². The summed E-state index contributed by atoms with van der Waals surface area (Å²) in [7, 11) is 0. The third-order valence-electron chi connectivity index (χ3n) is 2.29. The van der Waals surface area contributed by atoms with Crippen molar-refractivity contribution in [3.63, 3.8) is 0 Å². The molecule has 0 unspecified atom stereocenters. The highest BCUT2D eigenvalue weighted by molar-refractivity contribution is 5.89. The first-order chi connectivity index (χ1) is 7.81. The van der Waals surface area contributed by atoms with Gasteiger partial charge in [-0.3, -0.25) is 0 Å². The number of ether oxygens (including phenoxy) is 1. The monoisotopic (exact) mass is 215 g/mol. The highest BCUT2D eigenvalue weighted by atomic mass is 16.5. The Morgan fingerprint density at radius 3 is 2.69 bits per heavy atom. The van der Waals surface area contributed by atoms with E-state index in [2.05, 4.69) is 5.10 Å². The maximum atomic E-state index is 5.54. The van der Waals surface area contributed by atoms with Gasteiger partial charge in [0.25, 0.3) is 0 Å². The summed E-state index contributed by atoms with van der Waals surface area (Å²) in [6.45, 7) is 0.199. The Hall–Kier alpha value is -2.23. The first-order valence-electron chi connectivity index (χ1n) is 4.94. The van der Waals surface area contributed by atoms with Crippen LogP contribution in [0.5, 0.6) is 5.75 Å². The van der Waals surface area contributed by atoms with Gasteiger partial charge in [-0.2, -0.15) is 5.10 Å². The number of hydrogen-bond donors (Lipinski definition) is 2. The van der Waals surface area contributed by atoms with Gasteiger partial charge in [0.05, 0.1) is 0 Å². The van der Waals surface area contributed by atoms with E-state index in [4.69, 9.17) is 16.3 Å². The molecule has 82 valence electrons. The Bertz CT molecular complexity index is 517. The molecule has 0 amide bonds. The van der Waals surface area contributed by atoms with Gasteiger partial charge >= 0.3 is 0 Å². The second-order valence-electron chi connectivity index (χ2n) is 3.39. The van der Waals surface area contributed by atoms with E-state index in [1.165, 1.54) is 0 Å². The lowest BCUT2D eigenvalue weighted by Crippen LogP contribution is -2.22. The van der Waals surface area contributed by atoms with Crippen LogP contribution in [0.3, 0.4) is 0 Å². The van der Waals surface area contributed by atoms with Crippen molar-refractivity contribution < 1.29 is 4.74 Å². The Morgan fingerprint density at radius 2 is 1.88 bits per heavy atom. The van der Waals surface area contributed by atoms with Gasteiger partial charge in [0.2, 0.25) is 0 Å². The van der Waals surface area contributed by atoms with Crippen molar-refractivity contribution in [1.82, 2.24) is 0 Å². The van der Waals surface area contributed by atoms with Crippen LogP contribution in [0.2, 0.25) is 0 Å². The molecule has 0 aliphatic carbocycles. The molecule has 0 saturated carbocycles. The van der Waals surface area contributed by atoms with Crippen LogP contribution in [0.25, 0.3) is 10.8 Å². The summed E-state index contributed by atoms with van der Waals surface area (Å²) in [5.74, 6) is 6.09. The van der Waals surface area contributed by atoms with Gasteiger partial charge in [-0.25, -0.2) is 0 Å². The summed E-state index contributed by atoms with van der Waals surface area (Å²) in [5.41, 5.74) is 5.46. The zero-order chi connectivity index (χ0) is 11.4. The van der Waals surface area contributed by atoms with E-state index in [1.54, 1.807) is 0 Å². The van der Waals surface area contributed by atoms with E-state index < -0.39 is 0 Å². The second kappa shape index (κ2) is 4.53. The molecule has 0 bridgehead atoms. The van der Waals surface area contributed by atoms with E-state index in [9.17, 15) is 0 Å². The molecule has 0 aliphatic rings. The third-order valence-corrected chi connectivity index (χ3v) is 2.29. The molecule has 0 saturated heterocycles. The maximum absolute atomic E-state index is 5.54. The number of rotatable bonds is 3. The largest absolute Gasteiger partial charge is 0.485 e. The normalized spacial score (nSPS) is 11.6. The Kier molecular flexibility index (Phi) is 2.91. The SMILES string of the molecule is N/N=C(\N)COc1cccc2ccccc12. The molecule has 0 radical (unpaired) electrons. The highest BCUT2D eigenvalue weighted by Gasteiger charge is 2.01. The molecule has 2 aromatic carbocycles. The number of amidine groups is 1. The lowest BCUT2D eigenvalue weighted by molar-refractivity contribution is 0.379. The first-order valence-corrected chi connectivity index (χ1v) is 4.94. The molecule has 0 spiro atoms. The molecule has 0 fully saturated rings. The molecule has 4 N–H and O–H groups in total. The van der Waals surface area contributed by atoms with Gasteiger partial charge in [-0.15, -0.1) is 0 Å². The molecule has 16 heavy (non-hydrogen) atoms. The van der Waals surface area contributed by atoms with Crippen molar-refractivity contribution >= 4 is 16.6 Å². The number of hydrogen-bond acceptors (Lipinski definition) is 3. The smallest absolute Gasteiger partial charge is 0.157 e. The molecular formula is C12H13N3O. The van der Waals surface area contributed by atoms with Gasteiger partial charge in [-0.05, 0) is 11.5 Å². The fourth-order valence-corrected chi connectivity index (χ4v) is 1.51. The van der Waals surface area contributed by atoms with Crippen LogP contribution in [0, 0.1) is 0 Å². The predicted octanol–water partition coefficient (Wildman–Crippen LogP) is 1.45. The zero-order valence-corrected chi connectivity index (χ0v) is 8.76. The average Bonchev–Trinajstić information content (AvgIpc) is 2.35. The number of nitrogens with zero attached hydrogens (tertiary/aromatic N) is 1. The van der Waals surface area contributed by atoms with Crippen molar-refractivity contribution in [2.75, 3.05) is 6.61 Å². The van der Waals surface area contributed by atoms with Crippen LogP contribution >= 0.6 is 0 Å². The van der Waals surface area contributed by atoms with Crippen LogP contribution in [-0.4, -0.2) is 12.4 Å². The molecule has 4 heteroatoms. The predicted molar refractivity (Wildman–Crippen MR) is 65.3 cm³/mol. The Labute approximate surface area is 93.5 Å². The molecule has 2 rings (SSSR count). The van der Waals surface area contributed by atoms with Crippen molar-refractivity contribution in [2.24, 2.45) is 16.7 Å². The van der Waals surface area contributed by atoms with E-state index in [-0.39, 0.29) is 12.4 Å². The standard InChI is InChI=1S/C12H13N3O/c13-12(15-14)8-16-11-7-3-5-9-4-1-2-6-10(9)11/h1-7H,8,14H2,(H2,13,15). The van der Waals surface area contributed by atoms with Crippen molar-refractivity contribution in [2.45, 2.75) is 0 Å². The molecular weight excluding hydrogens is 202 g/mol. The molecule has 0 aliphatic heterocycles. The molecule has 2 aromatic rings. The van der Waals surface area contributed by atoms with Gasteiger partial charge in [0.1, 0.15) is 12.4 Å². The quantitative estimate of drug-likeness (QED) is 0.352. The Balaban J connectivity index is 2.30. The topological polar surface area (TPSA) is 73.6 Å². The minimum absolute atomic E-state index is 0.199. The molecule has 0 atom stereocenters. The number of hydrazone groups is 1. The summed E-state index contributed by atoms with van der Waals surface area (Å²) in [5, 5.41) is 5.53. The van der Waals surface area contributed by atoms with Crippen LogP contribution < -0.4 is 16.3 Å². The lowest BCUT2D eigenvalue weighted by atomic mass is 10.1. The summed E-state index contributed by atoms with van der Waals surface area (Å²) in [6, 6.07) is 13.8. The van der Waals surface area contributed by atoms with E-state index in [0.29, 0.717) is 0 Å². The van der Waals surface area contributed by atoms with Crippen molar-refractivity contribution in [3.8, 4) is 5.75 Å². The van der Waals surface area contributed by atoms with Crippen LogP contribution in [0.15, 0.2) is 47.6 Å². The average molecular weight is 215 g/mol. The zero-order valence-electron chi connectivity index (χ0n) is 8.76. The number of benzene rings is 2. The first kappa shape index (κ1) is 10.3. The minimum atomic E-state index is 0.199. The summed E-state index contributed by atoms with van der Waals surface area (Å²) < 4.78 is 5.54. The number of fused-ring (bicyclic) bond motifs is 1. The lowest BCUT2D eigenvalue weighted by Gasteiger charge is -2.08. The van der Waals surface area contributed by atoms with Crippen molar-refractivity contribution in [3.05, 3.63) is 42.5 Å². The fourth-order valence-electron chi connectivity index (χ4n) is 1.51. The minimum Gasteiger partial charge on any atom is -0.485 e. The van der Waals surface area contributed by atoms with E-state index in [1.807, 2.05) is 42.5 Å². The van der Waals surface area contributed by atoms with Gasteiger partial charge in [-0.1, -0.05) is 36.4 Å². The highest BCUT2D eigenvalue weighted by Crippen LogP contribution is 2.24. The molecule has 0 heterocycles. The molecule has 0 aromatic heterocycles. The van der Waals surface area contributed by atoms with Gasteiger partial charge < -0.3 is 16.3 Å². The fraction of sp³-hybridized carbons (Fsp3) is 0.0833. The maximum Gasteiger partial charge on any atom is 0.157 e. The van der Waals surface area contributed by atoms with E-state index in [0.717, 1.165) is 16.5 Å². The van der Waals surface area contributed by atoms with Gasteiger partial charge in [0.15, 0.2) is 5.84 Å². The second-order valence-corrected chi connectivity index (χ2v) is 3.39. The Morgan fingerprint density at radius 1 is 1.12 bits per heavy atom. The summed E-state index contributed by atoms with van der Waals surface area (Å²) >= 11 is 0.